The van der Waals surface area contributed by atoms with E-state index in [2.05, 4.69) is 26.4 Å². The van der Waals surface area contributed by atoms with Crippen molar-refractivity contribution in [3.63, 3.8) is 0 Å². The summed E-state index contributed by atoms with van der Waals surface area (Å²) >= 11 is 1.66. The summed E-state index contributed by atoms with van der Waals surface area (Å²) in [6, 6.07) is 5.82. The summed E-state index contributed by atoms with van der Waals surface area (Å²) < 4.78 is 1.61. The van der Waals surface area contributed by atoms with Crippen LogP contribution in [-0.4, -0.2) is 25.7 Å². The van der Waals surface area contributed by atoms with Gasteiger partial charge in [0.25, 0.3) is 5.95 Å². The Bertz CT molecular complexity index is 825. The molecule has 1 unspecified atom stereocenters. The molecule has 0 saturated heterocycles. The van der Waals surface area contributed by atoms with Gasteiger partial charge in [0.15, 0.2) is 0 Å². The molecule has 4 rings (SSSR count). The van der Waals surface area contributed by atoms with Crippen molar-refractivity contribution in [2.75, 3.05) is 5.32 Å². The van der Waals surface area contributed by atoms with E-state index in [0.29, 0.717) is 18.2 Å². The Kier molecular flexibility index (Phi) is 3.00. The van der Waals surface area contributed by atoms with E-state index in [1.807, 2.05) is 18.4 Å². The topological polar surface area (TPSA) is 72.7 Å². The Balaban J connectivity index is 1.90. The number of nitrogens with zero attached hydrogens (tertiary/aromatic N) is 4. The number of carbonyl (C=O) groups is 1. The first-order valence-corrected chi connectivity index (χ1v) is 7.82. The van der Waals surface area contributed by atoms with Gasteiger partial charge in [0.2, 0.25) is 5.91 Å². The van der Waals surface area contributed by atoms with E-state index in [0.717, 1.165) is 11.3 Å². The third-order valence-corrected chi connectivity index (χ3v) is 4.72. The Morgan fingerprint density at radius 2 is 2.14 bits per heavy atom. The molecule has 1 N–H and O–H groups in total. The second-order valence-corrected chi connectivity index (χ2v) is 6.11. The number of hydrogen-bond donors (Lipinski definition) is 1. The number of fused-ring (bicyclic) bond motifs is 1. The summed E-state index contributed by atoms with van der Waals surface area (Å²) in [5, 5.41) is 9.49. The molecule has 0 radical (unpaired) electrons. The van der Waals surface area contributed by atoms with Crippen LogP contribution in [0.4, 0.5) is 5.82 Å². The van der Waals surface area contributed by atoms with Crippen LogP contribution in [0.1, 0.15) is 28.5 Å². The van der Waals surface area contributed by atoms with Crippen molar-refractivity contribution in [2.24, 2.45) is 0 Å². The monoisotopic (exact) mass is 311 g/mol. The first kappa shape index (κ1) is 13.1. The number of nitrogens with one attached hydrogen (secondary N) is 1. The number of carbonyl (C=O) groups excluding carboxylic acids is 1. The number of anilines is 1. The highest BCUT2D eigenvalue weighted by molar-refractivity contribution is 7.10. The lowest BCUT2D eigenvalue weighted by Gasteiger charge is -2.22. The van der Waals surface area contributed by atoms with E-state index in [1.165, 1.54) is 4.88 Å². The number of aromatic nitrogens is 4. The number of amides is 1. The minimum atomic E-state index is -0.0111. The molecule has 4 heterocycles. The molecule has 3 aromatic rings. The number of hydrogen-bond acceptors (Lipinski definition) is 5. The largest absolute Gasteiger partial charge is 0.310 e. The molecule has 0 fully saturated rings. The number of rotatable bonds is 2. The van der Waals surface area contributed by atoms with Gasteiger partial charge in [0.1, 0.15) is 5.82 Å². The lowest BCUT2D eigenvalue weighted by Crippen LogP contribution is -2.24. The maximum atomic E-state index is 12.1. The maximum Gasteiger partial charge on any atom is 0.252 e. The standard InChI is InChI=1S/C15H13N5OS/c1-9-13-10(11-4-2-7-22-11)8-12(21)18-14(13)20(19-9)15-16-5-3-6-17-15/h2-7,10H,8H2,1H3,(H,18,21). The Morgan fingerprint density at radius 3 is 2.86 bits per heavy atom. The smallest absolute Gasteiger partial charge is 0.252 e. The fourth-order valence-corrected chi connectivity index (χ4v) is 3.66. The van der Waals surface area contributed by atoms with Crippen LogP contribution in [0.5, 0.6) is 0 Å². The Hall–Kier alpha value is -2.54. The van der Waals surface area contributed by atoms with Gasteiger partial charge in [-0.05, 0) is 24.4 Å². The summed E-state index contributed by atoms with van der Waals surface area (Å²) in [5.41, 5.74) is 1.94. The third-order valence-electron chi connectivity index (χ3n) is 3.73. The highest BCUT2D eigenvalue weighted by Gasteiger charge is 2.33. The van der Waals surface area contributed by atoms with Crippen LogP contribution in [-0.2, 0) is 4.79 Å². The van der Waals surface area contributed by atoms with Gasteiger partial charge >= 0.3 is 0 Å². The van der Waals surface area contributed by atoms with Gasteiger partial charge in [-0.1, -0.05) is 6.07 Å². The van der Waals surface area contributed by atoms with E-state index >= 15 is 0 Å². The lowest BCUT2D eigenvalue weighted by molar-refractivity contribution is -0.116. The van der Waals surface area contributed by atoms with Gasteiger partial charge < -0.3 is 5.32 Å². The van der Waals surface area contributed by atoms with Gasteiger partial charge in [-0.3, -0.25) is 4.79 Å². The Morgan fingerprint density at radius 1 is 1.32 bits per heavy atom. The SMILES string of the molecule is Cc1nn(-c2ncccn2)c2c1C(c1cccs1)CC(=O)N2. The zero-order valence-corrected chi connectivity index (χ0v) is 12.7. The lowest BCUT2D eigenvalue weighted by atomic mass is 9.91. The molecule has 0 saturated carbocycles. The van der Waals surface area contributed by atoms with Crippen LogP contribution in [0.2, 0.25) is 0 Å². The second kappa shape index (κ2) is 5.03. The molecule has 1 atom stereocenters. The third kappa shape index (κ3) is 2.01. The summed E-state index contributed by atoms with van der Waals surface area (Å²) in [5.74, 6) is 1.17. The minimum Gasteiger partial charge on any atom is -0.310 e. The molecule has 6 nitrogen and oxygen atoms in total. The molecule has 7 heteroatoms. The minimum absolute atomic E-state index is 0.0111. The van der Waals surface area contributed by atoms with Crippen molar-refractivity contribution in [1.82, 2.24) is 19.7 Å². The van der Waals surface area contributed by atoms with Crippen LogP contribution in [0.25, 0.3) is 5.95 Å². The van der Waals surface area contributed by atoms with Gasteiger partial charge in [0.05, 0.1) is 5.69 Å². The van der Waals surface area contributed by atoms with Crippen molar-refractivity contribution >= 4 is 23.1 Å². The average Bonchev–Trinajstić information content (AvgIpc) is 3.16. The quantitative estimate of drug-likeness (QED) is 0.789. The zero-order valence-electron chi connectivity index (χ0n) is 11.9. The number of thiophene rings is 1. The predicted octanol–water partition coefficient (Wildman–Crippen LogP) is 2.51. The summed E-state index contributed by atoms with van der Waals surface area (Å²) in [6.07, 6.45) is 3.76. The molecule has 1 aliphatic rings. The van der Waals surface area contributed by atoms with Gasteiger partial charge in [-0.2, -0.15) is 9.78 Å². The fourth-order valence-electron chi connectivity index (χ4n) is 2.83. The average molecular weight is 311 g/mol. The van der Waals surface area contributed by atoms with E-state index in [-0.39, 0.29) is 11.8 Å². The van der Waals surface area contributed by atoms with Gasteiger partial charge in [0, 0.05) is 35.2 Å². The molecule has 1 aliphatic heterocycles. The van der Waals surface area contributed by atoms with Gasteiger partial charge in [-0.15, -0.1) is 11.3 Å². The van der Waals surface area contributed by atoms with Crippen LogP contribution >= 0.6 is 11.3 Å². The van der Waals surface area contributed by atoms with Crippen LogP contribution in [0.3, 0.4) is 0 Å². The number of aryl methyl sites for hydroxylation is 1. The van der Waals surface area contributed by atoms with E-state index in [4.69, 9.17) is 0 Å². The maximum absolute atomic E-state index is 12.1. The predicted molar refractivity (Wildman–Crippen MR) is 83.3 cm³/mol. The van der Waals surface area contributed by atoms with E-state index in [1.54, 1.807) is 34.5 Å². The normalized spacial score (nSPS) is 17.1. The zero-order chi connectivity index (χ0) is 15.1. The highest BCUT2D eigenvalue weighted by Crippen LogP contribution is 2.41. The second-order valence-electron chi connectivity index (χ2n) is 5.13. The molecule has 0 bridgehead atoms. The van der Waals surface area contributed by atoms with Gasteiger partial charge in [-0.25, -0.2) is 9.97 Å². The summed E-state index contributed by atoms with van der Waals surface area (Å²) in [4.78, 5) is 21.8. The Labute approximate surface area is 130 Å². The summed E-state index contributed by atoms with van der Waals surface area (Å²) in [6.45, 7) is 1.95. The molecule has 1 amide bonds. The van der Waals surface area contributed by atoms with Crippen molar-refractivity contribution in [3.05, 3.63) is 52.1 Å². The molecular formula is C15H13N5OS. The molecule has 3 aromatic heterocycles. The molecular weight excluding hydrogens is 298 g/mol. The highest BCUT2D eigenvalue weighted by atomic mass is 32.1. The molecule has 0 aliphatic carbocycles. The van der Waals surface area contributed by atoms with Crippen molar-refractivity contribution in [3.8, 4) is 5.95 Å². The van der Waals surface area contributed by atoms with Crippen LogP contribution in [0.15, 0.2) is 36.0 Å². The fraction of sp³-hybridized carbons (Fsp3) is 0.200. The van der Waals surface area contributed by atoms with Crippen LogP contribution in [0, 0.1) is 6.92 Å². The first-order chi connectivity index (χ1) is 10.7. The molecule has 0 spiro atoms. The van der Waals surface area contributed by atoms with Crippen molar-refractivity contribution < 1.29 is 4.79 Å². The van der Waals surface area contributed by atoms with Crippen molar-refractivity contribution in [1.29, 1.82) is 0 Å². The molecule has 22 heavy (non-hydrogen) atoms. The van der Waals surface area contributed by atoms with E-state index in [9.17, 15) is 4.79 Å². The van der Waals surface area contributed by atoms with Crippen LogP contribution < -0.4 is 5.32 Å². The van der Waals surface area contributed by atoms with Crippen molar-refractivity contribution in [2.45, 2.75) is 19.3 Å². The molecule has 0 aromatic carbocycles. The molecule has 110 valence electrons. The van der Waals surface area contributed by atoms with E-state index < -0.39 is 0 Å². The summed E-state index contributed by atoms with van der Waals surface area (Å²) in [7, 11) is 0. The first-order valence-electron chi connectivity index (χ1n) is 6.94.